The monoisotopic (exact) mass is 423 g/mol. The molecule has 31 heavy (non-hydrogen) atoms. The van der Waals surface area contributed by atoms with Gasteiger partial charge in [0.1, 0.15) is 5.58 Å². The maximum atomic E-state index is 6.00. The zero-order chi connectivity index (χ0) is 24.2. The lowest BCUT2D eigenvalue weighted by Crippen LogP contribution is -2.28. The number of hydrogen-bond donors (Lipinski definition) is 1. The van der Waals surface area contributed by atoms with Gasteiger partial charge < -0.3 is 9.73 Å². The summed E-state index contributed by atoms with van der Waals surface area (Å²) in [6.45, 7) is 27.1. The van der Waals surface area contributed by atoms with Gasteiger partial charge in [-0.2, -0.15) is 0 Å². The lowest BCUT2D eigenvalue weighted by molar-refractivity contribution is 0.560. The van der Waals surface area contributed by atoms with Crippen molar-refractivity contribution >= 4 is 23.2 Å². The Balaban J connectivity index is 0.00000138. The minimum absolute atomic E-state index is 0.175. The quantitative estimate of drug-likeness (QED) is 0.467. The zero-order valence-corrected chi connectivity index (χ0v) is 21.8. The summed E-state index contributed by atoms with van der Waals surface area (Å²) in [4.78, 5) is 0. The average molecular weight is 424 g/mol. The fourth-order valence-corrected chi connectivity index (χ4v) is 3.15. The van der Waals surface area contributed by atoms with E-state index in [1.807, 2.05) is 72.7 Å². The summed E-state index contributed by atoms with van der Waals surface area (Å²) in [5.74, 6) is 0. The van der Waals surface area contributed by atoms with Gasteiger partial charge in [-0.25, -0.2) is 0 Å². The number of furan rings is 1. The summed E-state index contributed by atoms with van der Waals surface area (Å²) in [5, 5.41) is 5.57. The van der Waals surface area contributed by atoms with Crippen LogP contribution in [0.4, 0.5) is 0 Å². The number of hydrogen-bond acceptors (Lipinski definition) is 2. The Hall–Kier alpha value is -2.48. The molecule has 0 radical (unpaired) electrons. The normalized spacial score (nSPS) is 12.2. The maximum absolute atomic E-state index is 6.00. The van der Waals surface area contributed by atoms with Crippen molar-refractivity contribution in [3.05, 3.63) is 70.3 Å². The zero-order valence-electron chi connectivity index (χ0n) is 21.8. The minimum atomic E-state index is 0.175. The van der Waals surface area contributed by atoms with Gasteiger partial charge in [-0.05, 0) is 36.5 Å². The van der Waals surface area contributed by atoms with Crippen molar-refractivity contribution < 1.29 is 4.42 Å². The fourth-order valence-electron chi connectivity index (χ4n) is 3.15. The Kier molecular flexibility index (Phi) is 12.6. The highest BCUT2D eigenvalue weighted by Gasteiger charge is 2.14. The van der Waals surface area contributed by atoms with Crippen molar-refractivity contribution in [3.8, 4) is 0 Å². The van der Waals surface area contributed by atoms with Crippen LogP contribution in [-0.4, -0.2) is 0 Å². The van der Waals surface area contributed by atoms with E-state index in [0.717, 1.165) is 27.3 Å². The molecule has 0 saturated heterocycles. The number of fused-ring (bicyclic) bond motifs is 1. The van der Waals surface area contributed by atoms with Gasteiger partial charge in [0.05, 0.1) is 5.70 Å². The van der Waals surface area contributed by atoms with Crippen LogP contribution in [0.15, 0.2) is 52.9 Å². The molecule has 0 spiro atoms. The molecule has 0 aliphatic rings. The summed E-state index contributed by atoms with van der Waals surface area (Å²) >= 11 is 0. The maximum Gasteiger partial charge on any atom is 0.153 e. The topological polar surface area (TPSA) is 25.2 Å². The van der Waals surface area contributed by atoms with Crippen LogP contribution < -0.4 is 16.0 Å². The minimum Gasteiger partial charge on any atom is -0.454 e. The van der Waals surface area contributed by atoms with Gasteiger partial charge >= 0.3 is 0 Å². The molecule has 0 amide bonds. The molecular formula is C29H45NO. The summed E-state index contributed by atoms with van der Waals surface area (Å²) in [7, 11) is 0. The molecule has 0 saturated carbocycles. The van der Waals surface area contributed by atoms with Crippen LogP contribution in [0.1, 0.15) is 93.3 Å². The van der Waals surface area contributed by atoms with Crippen molar-refractivity contribution in [1.82, 2.24) is 5.32 Å². The van der Waals surface area contributed by atoms with Crippen LogP contribution in [0.5, 0.6) is 0 Å². The molecule has 0 aliphatic carbocycles. The second kappa shape index (κ2) is 13.7. The van der Waals surface area contributed by atoms with Crippen molar-refractivity contribution in [3.63, 3.8) is 0 Å². The van der Waals surface area contributed by atoms with E-state index in [4.69, 9.17) is 4.42 Å². The van der Waals surface area contributed by atoms with E-state index in [2.05, 4.69) is 63.9 Å². The molecule has 3 rings (SSSR count). The van der Waals surface area contributed by atoms with Crippen molar-refractivity contribution in [2.45, 2.75) is 87.6 Å². The van der Waals surface area contributed by atoms with Gasteiger partial charge in [-0.1, -0.05) is 111 Å². The summed E-state index contributed by atoms with van der Waals surface area (Å²) in [5.41, 5.74) is 5.50. The van der Waals surface area contributed by atoms with E-state index >= 15 is 0 Å². The van der Waals surface area contributed by atoms with Crippen LogP contribution >= 0.6 is 0 Å². The van der Waals surface area contributed by atoms with Crippen LogP contribution in [0.2, 0.25) is 0 Å². The highest BCUT2D eigenvalue weighted by Crippen LogP contribution is 2.24. The highest BCUT2D eigenvalue weighted by molar-refractivity contribution is 5.78. The molecule has 1 heterocycles. The van der Waals surface area contributed by atoms with E-state index < -0.39 is 0 Å². The molecule has 1 aromatic heterocycles. The third-order valence-corrected chi connectivity index (χ3v) is 4.75. The fraction of sp³-hybridized carbons (Fsp3) is 0.448. The van der Waals surface area contributed by atoms with Gasteiger partial charge in [0, 0.05) is 16.6 Å². The summed E-state index contributed by atoms with van der Waals surface area (Å²) < 4.78 is 6.00. The molecule has 2 nitrogen and oxygen atoms in total. The Morgan fingerprint density at radius 1 is 0.871 bits per heavy atom. The SMILES string of the molecule is C=c1/c(=C(/C)NC(C)c2ccc(C(C)(C)C)cc2)oc2ccccc12.CC.CC.CC. The first kappa shape index (κ1) is 28.5. The molecule has 1 N–H and O–H groups in total. The van der Waals surface area contributed by atoms with Crippen LogP contribution in [0, 0.1) is 0 Å². The number of para-hydroxylation sites is 1. The number of rotatable bonds is 3. The van der Waals surface area contributed by atoms with Gasteiger partial charge in [0.15, 0.2) is 5.42 Å². The lowest BCUT2D eigenvalue weighted by atomic mass is 9.86. The predicted octanol–water partition coefficient (Wildman–Crippen LogP) is 7.70. The molecule has 172 valence electrons. The summed E-state index contributed by atoms with van der Waals surface area (Å²) in [6.07, 6.45) is 0. The van der Waals surface area contributed by atoms with Gasteiger partial charge in [0.2, 0.25) is 0 Å². The molecule has 3 aromatic rings. The number of benzene rings is 2. The molecule has 0 aliphatic heterocycles. The molecule has 2 aromatic carbocycles. The van der Waals surface area contributed by atoms with E-state index in [0.29, 0.717) is 0 Å². The number of nitrogens with one attached hydrogen (secondary N) is 1. The van der Waals surface area contributed by atoms with Gasteiger partial charge in [-0.15, -0.1) is 0 Å². The third kappa shape index (κ3) is 7.61. The van der Waals surface area contributed by atoms with Crippen LogP contribution in [0.3, 0.4) is 0 Å². The Morgan fingerprint density at radius 3 is 1.87 bits per heavy atom. The second-order valence-electron chi connectivity index (χ2n) is 7.77. The Morgan fingerprint density at radius 2 is 1.39 bits per heavy atom. The lowest BCUT2D eigenvalue weighted by Gasteiger charge is -2.21. The molecule has 0 fully saturated rings. The van der Waals surface area contributed by atoms with Gasteiger partial charge in [-0.3, -0.25) is 0 Å². The molecule has 1 atom stereocenters. The second-order valence-corrected chi connectivity index (χ2v) is 7.77. The largest absolute Gasteiger partial charge is 0.454 e. The predicted molar refractivity (Wildman–Crippen MR) is 141 cm³/mol. The van der Waals surface area contributed by atoms with Crippen molar-refractivity contribution in [1.29, 1.82) is 0 Å². The third-order valence-electron chi connectivity index (χ3n) is 4.75. The van der Waals surface area contributed by atoms with Gasteiger partial charge in [0.25, 0.3) is 0 Å². The molecular weight excluding hydrogens is 378 g/mol. The van der Waals surface area contributed by atoms with Crippen LogP contribution in [0.25, 0.3) is 23.2 Å². The highest BCUT2D eigenvalue weighted by atomic mass is 16.3. The van der Waals surface area contributed by atoms with E-state index in [1.54, 1.807) is 0 Å². The summed E-state index contributed by atoms with van der Waals surface area (Å²) in [6, 6.07) is 17.1. The first-order chi connectivity index (χ1) is 14.8. The Labute approximate surface area is 191 Å². The smallest absolute Gasteiger partial charge is 0.153 e. The van der Waals surface area contributed by atoms with Crippen molar-refractivity contribution in [2.75, 3.05) is 0 Å². The van der Waals surface area contributed by atoms with E-state index in [1.165, 1.54) is 11.1 Å². The first-order valence-electron chi connectivity index (χ1n) is 11.8. The first-order valence-corrected chi connectivity index (χ1v) is 11.8. The average Bonchev–Trinajstić information content (AvgIpc) is 3.14. The molecule has 0 bridgehead atoms. The van der Waals surface area contributed by atoms with Crippen molar-refractivity contribution in [2.24, 2.45) is 0 Å². The van der Waals surface area contributed by atoms with Crippen LogP contribution in [-0.2, 0) is 5.41 Å². The van der Waals surface area contributed by atoms with E-state index in [-0.39, 0.29) is 11.5 Å². The Bertz CT molecular complexity index is 988. The molecule has 2 heteroatoms. The molecule has 1 unspecified atom stereocenters. The standard InChI is InChI=1S/C23H27NO.3C2H6/c1-15-20-9-7-8-10-21(20)25-22(15)17(3)24-16(2)18-11-13-19(14-12-18)23(4,5)6;3*1-2/h7-14,16,24H,1H2,2-6H3;3*1-2H3/b22-17+;;;. The van der Waals surface area contributed by atoms with E-state index in [9.17, 15) is 0 Å².